The fourth-order valence-electron chi connectivity index (χ4n) is 1.72. The molecule has 0 heterocycles. The number of unbranched alkanes of at least 4 members (excludes halogenated alkanes) is 1. The first-order valence-corrected chi connectivity index (χ1v) is 10.4. The quantitative estimate of drug-likeness (QED) is 0.656. The minimum Gasteiger partial charge on any atom is -0.416 e. The maximum absolute atomic E-state index is 10.1. The summed E-state index contributed by atoms with van der Waals surface area (Å²) in [6, 6.07) is 0. The van der Waals surface area contributed by atoms with Crippen molar-refractivity contribution in [2.45, 2.75) is 84.5 Å². The van der Waals surface area contributed by atoms with Gasteiger partial charge in [0.1, 0.15) is 0 Å². The van der Waals surface area contributed by atoms with Crippen molar-refractivity contribution < 1.29 is 9.53 Å². The van der Waals surface area contributed by atoms with Crippen molar-refractivity contribution in [3.05, 3.63) is 0 Å². The highest BCUT2D eigenvalue weighted by atomic mass is 28.4. The van der Waals surface area contributed by atoms with Crippen LogP contribution in [-0.2, 0) is 4.43 Å². The van der Waals surface area contributed by atoms with E-state index in [9.17, 15) is 5.11 Å². The smallest absolute Gasteiger partial charge is 0.191 e. The van der Waals surface area contributed by atoms with Crippen LogP contribution in [0.15, 0.2) is 0 Å². The third kappa shape index (κ3) is 5.85. The normalized spacial score (nSPS) is 16.7. The molecule has 0 aromatic rings. The van der Waals surface area contributed by atoms with Gasteiger partial charge in [0.25, 0.3) is 0 Å². The maximum atomic E-state index is 10.1. The highest BCUT2D eigenvalue weighted by Gasteiger charge is 2.37. The largest absolute Gasteiger partial charge is 0.416 e. The molecule has 0 amide bonds. The van der Waals surface area contributed by atoms with Crippen LogP contribution >= 0.6 is 0 Å². The summed E-state index contributed by atoms with van der Waals surface area (Å²) in [6.45, 7) is 16.3. The summed E-state index contributed by atoms with van der Waals surface area (Å²) in [4.78, 5) is 0. The van der Waals surface area contributed by atoms with Gasteiger partial charge in [-0.25, -0.2) is 0 Å². The van der Waals surface area contributed by atoms with E-state index in [4.69, 9.17) is 4.43 Å². The van der Waals surface area contributed by atoms with Crippen LogP contribution in [0, 0.1) is 5.92 Å². The minimum atomic E-state index is -1.68. The van der Waals surface area contributed by atoms with Gasteiger partial charge < -0.3 is 9.53 Å². The molecule has 0 aromatic heterocycles. The summed E-state index contributed by atoms with van der Waals surface area (Å²) < 4.78 is 6.25. The van der Waals surface area contributed by atoms with Crippen molar-refractivity contribution >= 4 is 8.32 Å². The summed E-state index contributed by atoms with van der Waals surface area (Å²) >= 11 is 0. The standard InChI is InChI=1S/C15H34O2Si/c1-8-10-11-13(14(16)9-2)12-17-18(6,7)15(3,4)5/h13-14,16H,8-12H2,1-7H3. The molecule has 0 rings (SSSR count). The second-order valence-corrected chi connectivity index (χ2v) is 11.8. The molecule has 2 atom stereocenters. The van der Waals surface area contributed by atoms with Crippen molar-refractivity contribution in [2.75, 3.05) is 6.61 Å². The summed E-state index contributed by atoms with van der Waals surface area (Å²) in [6.07, 6.45) is 4.08. The Labute approximate surface area is 115 Å². The average molecular weight is 275 g/mol. The Morgan fingerprint density at radius 3 is 2.11 bits per heavy atom. The van der Waals surface area contributed by atoms with Gasteiger partial charge >= 0.3 is 0 Å². The van der Waals surface area contributed by atoms with Gasteiger partial charge in [0.2, 0.25) is 0 Å². The van der Waals surface area contributed by atoms with Gasteiger partial charge in [-0.3, -0.25) is 0 Å². The van der Waals surface area contributed by atoms with E-state index >= 15 is 0 Å². The first-order chi connectivity index (χ1) is 8.15. The van der Waals surface area contributed by atoms with Crippen LogP contribution in [0.3, 0.4) is 0 Å². The average Bonchev–Trinajstić information content (AvgIpc) is 2.26. The molecular weight excluding hydrogens is 240 g/mol. The molecule has 0 radical (unpaired) electrons. The molecule has 0 saturated heterocycles. The van der Waals surface area contributed by atoms with E-state index in [2.05, 4.69) is 47.7 Å². The Hall–Kier alpha value is 0.137. The molecule has 0 aromatic carbocycles. The monoisotopic (exact) mass is 274 g/mol. The molecule has 0 aliphatic carbocycles. The van der Waals surface area contributed by atoms with Gasteiger partial charge in [-0.05, 0) is 31.0 Å². The third-order valence-corrected chi connectivity index (χ3v) is 8.86. The summed E-state index contributed by atoms with van der Waals surface area (Å²) in [5, 5.41) is 10.3. The molecule has 0 bridgehead atoms. The van der Waals surface area contributed by atoms with E-state index in [1.165, 1.54) is 12.8 Å². The molecule has 110 valence electrons. The van der Waals surface area contributed by atoms with E-state index in [-0.39, 0.29) is 11.1 Å². The number of rotatable bonds is 8. The van der Waals surface area contributed by atoms with E-state index in [0.717, 1.165) is 19.4 Å². The SMILES string of the molecule is CCCCC(CO[Si](C)(C)C(C)(C)C)C(O)CC. The number of aliphatic hydroxyl groups excluding tert-OH is 1. The van der Waals surface area contributed by atoms with Crippen molar-refractivity contribution in [3.8, 4) is 0 Å². The Morgan fingerprint density at radius 2 is 1.72 bits per heavy atom. The van der Waals surface area contributed by atoms with E-state index in [0.29, 0.717) is 5.92 Å². The summed E-state index contributed by atoms with van der Waals surface area (Å²) in [5.74, 6) is 0.309. The minimum absolute atomic E-state index is 0.207. The van der Waals surface area contributed by atoms with Crippen molar-refractivity contribution in [2.24, 2.45) is 5.92 Å². The zero-order valence-corrected chi connectivity index (χ0v) is 14.5. The van der Waals surface area contributed by atoms with Crippen LogP contribution in [0.25, 0.3) is 0 Å². The lowest BCUT2D eigenvalue weighted by Crippen LogP contribution is -2.43. The Balaban J connectivity index is 4.42. The zero-order valence-electron chi connectivity index (χ0n) is 13.5. The molecule has 0 aliphatic rings. The van der Waals surface area contributed by atoms with E-state index in [1.807, 2.05) is 0 Å². The topological polar surface area (TPSA) is 29.5 Å². The fourth-order valence-corrected chi connectivity index (χ4v) is 2.78. The lowest BCUT2D eigenvalue weighted by atomic mass is 9.95. The third-order valence-electron chi connectivity index (χ3n) is 4.36. The molecule has 3 heteroatoms. The number of hydrogen-bond acceptors (Lipinski definition) is 2. The molecule has 18 heavy (non-hydrogen) atoms. The predicted molar refractivity (Wildman–Crippen MR) is 82.5 cm³/mol. The lowest BCUT2D eigenvalue weighted by Gasteiger charge is -2.38. The Kier molecular flexibility index (Phi) is 7.72. The van der Waals surface area contributed by atoms with Crippen LogP contribution in [-0.4, -0.2) is 26.1 Å². The molecule has 2 unspecified atom stereocenters. The molecule has 0 fully saturated rings. The second kappa shape index (κ2) is 7.66. The van der Waals surface area contributed by atoms with Gasteiger partial charge in [-0.15, -0.1) is 0 Å². The van der Waals surface area contributed by atoms with Crippen LogP contribution in [0.5, 0.6) is 0 Å². The molecular formula is C15H34O2Si. The predicted octanol–water partition coefficient (Wildman–Crippen LogP) is 4.59. The number of hydrogen-bond donors (Lipinski definition) is 1. The maximum Gasteiger partial charge on any atom is 0.191 e. The first kappa shape index (κ1) is 18.1. The summed E-state index contributed by atoms with van der Waals surface area (Å²) in [7, 11) is -1.68. The Morgan fingerprint density at radius 1 is 1.17 bits per heavy atom. The van der Waals surface area contributed by atoms with Gasteiger partial charge in [0, 0.05) is 12.5 Å². The molecule has 2 nitrogen and oxygen atoms in total. The van der Waals surface area contributed by atoms with Crippen LogP contribution in [0.2, 0.25) is 18.1 Å². The Bertz CT molecular complexity index is 221. The molecule has 1 N–H and O–H groups in total. The fraction of sp³-hybridized carbons (Fsp3) is 1.00. The van der Waals surface area contributed by atoms with Crippen LogP contribution in [0.1, 0.15) is 60.3 Å². The summed E-state index contributed by atoms with van der Waals surface area (Å²) in [5.41, 5.74) is 0. The highest BCUT2D eigenvalue weighted by Crippen LogP contribution is 2.37. The number of aliphatic hydroxyl groups is 1. The van der Waals surface area contributed by atoms with Crippen LogP contribution < -0.4 is 0 Å². The van der Waals surface area contributed by atoms with Gasteiger partial charge in [0.05, 0.1) is 6.10 Å². The zero-order chi connectivity index (χ0) is 14.4. The molecule has 0 spiro atoms. The van der Waals surface area contributed by atoms with Gasteiger partial charge in [-0.2, -0.15) is 0 Å². The van der Waals surface area contributed by atoms with Gasteiger partial charge in [-0.1, -0.05) is 47.5 Å². The van der Waals surface area contributed by atoms with Crippen LogP contribution in [0.4, 0.5) is 0 Å². The highest BCUT2D eigenvalue weighted by molar-refractivity contribution is 6.74. The van der Waals surface area contributed by atoms with Crippen molar-refractivity contribution in [1.82, 2.24) is 0 Å². The lowest BCUT2D eigenvalue weighted by molar-refractivity contribution is 0.0616. The van der Waals surface area contributed by atoms with Crippen molar-refractivity contribution in [3.63, 3.8) is 0 Å². The van der Waals surface area contributed by atoms with Crippen molar-refractivity contribution in [1.29, 1.82) is 0 Å². The first-order valence-electron chi connectivity index (χ1n) is 7.47. The van der Waals surface area contributed by atoms with E-state index in [1.54, 1.807) is 0 Å². The van der Waals surface area contributed by atoms with Gasteiger partial charge in [0.15, 0.2) is 8.32 Å². The second-order valence-electron chi connectivity index (χ2n) is 6.95. The van der Waals surface area contributed by atoms with E-state index < -0.39 is 8.32 Å². The molecule has 0 saturated carbocycles. The molecule has 0 aliphatic heterocycles.